The van der Waals surface area contributed by atoms with Gasteiger partial charge in [0.2, 0.25) is 0 Å². The van der Waals surface area contributed by atoms with Crippen LogP contribution in [-0.4, -0.2) is 4.98 Å². The molecule has 2 rings (SSSR count). The zero-order chi connectivity index (χ0) is 10.7. The highest BCUT2D eigenvalue weighted by molar-refractivity contribution is 9.10. The molecule has 0 unspecified atom stereocenters. The number of halogens is 1. The zero-order valence-electron chi connectivity index (χ0n) is 7.85. The molecule has 0 aliphatic carbocycles. The predicted octanol–water partition coefficient (Wildman–Crippen LogP) is 3.22. The Hall–Kier alpha value is -1.55. The molecular formula is C11H9BrN2O. The number of nitrogens with two attached hydrogens (primary N) is 1. The van der Waals surface area contributed by atoms with Gasteiger partial charge in [-0.05, 0) is 18.2 Å². The van der Waals surface area contributed by atoms with Crippen molar-refractivity contribution in [1.82, 2.24) is 4.98 Å². The smallest absolute Gasteiger partial charge is 0.147 e. The number of benzene rings is 1. The Balaban J connectivity index is 2.22. The van der Waals surface area contributed by atoms with Gasteiger partial charge < -0.3 is 10.5 Å². The number of nitrogen functional groups attached to an aromatic ring is 1. The Morgan fingerprint density at radius 3 is 2.73 bits per heavy atom. The van der Waals surface area contributed by atoms with Crippen molar-refractivity contribution in [2.45, 2.75) is 0 Å². The fourth-order valence-corrected chi connectivity index (χ4v) is 1.54. The summed E-state index contributed by atoms with van der Waals surface area (Å²) in [7, 11) is 0. The Bertz CT molecular complexity index is 430. The van der Waals surface area contributed by atoms with Gasteiger partial charge >= 0.3 is 0 Å². The second-order valence-corrected chi connectivity index (χ2v) is 3.93. The first kappa shape index (κ1) is 9.98. The number of hydrogen-bond acceptors (Lipinski definition) is 3. The highest BCUT2D eigenvalue weighted by Crippen LogP contribution is 2.24. The monoisotopic (exact) mass is 264 g/mol. The van der Waals surface area contributed by atoms with Crippen LogP contribution in [0, 0.1) is 0 Å². The van der Waals surface area contributed by atoms with Crippen molar-refractivity contribution in [2.24, 2.45) is 0 Å². The standard InChI is InChI=1S/C11H9BrN2O/c12-8-2-1-3-10(4-8)15-11-5-9(13)6-14-7-11/h1-7H,13H2. The largest absolute Gasteiger partial charge is 0.456 e. The van der Waals surface area contributed by atoms with Crippen molar-refractivity contribution < 1.29 is 4.74 Å². The summed E-state index contributed by atoms with van der Waals surface area (Å²) in [6.45, 7) is 0. The van der Waals surface area contributed by atoms with Crippen LogP contribution in [0.3, 0.4) is 0 Å². The van der Waals surface area contributed by atoms with Crippen LogP contribution in [-0.2, 0) is 0 Å². The molecular weight excluding hydrogens is 256 g/mol. The Morgan fingerprint density at radius 1 is 1.13 bits per heavy atom. The summed E-state index contributed by atoms with van der Waals surface area (Å²) in [5.74, 6) is 1.38. The lowest BCUT2D eigenvalue weighted by Crippen LogP contribution is -1.89. The van der Waals surface area contributed by atoms with Crippen molar-refractivity contribution in [3.8, 4) is 11.5 Å². The van der Waals surface area contributed by atoms with Crippen molar-refractivity contribution in [2.75, 3.05) is 5.73 Å². The van der Waals surface area contributed by atoms with Gasteiger partial charge in [0.1, 0.15) is 11.5 Å². The summed E-state index contributed by atoms with van der Waals surface area (Å²) in [5, 5.41) is 0. The topological polar surface area (TPSA) is 48.1 Å². The van der Waals surface area contributed by atoms with E-state index < -0.39 is 0 Å². The molecule has 0 radical (unpaired) electrons. The molecule has 4 heteroatoms. The minimum Gasteiger partial charge on any atom is -0.456 e. The van der Waals surface area contributed by atoms with Crippen LogP contribution in [0.4, 0.5) is 5.69 Å². The van der Waals surface area contributed by atoms with E-state index in [0.29, 0.717) is 11.4 Å². The highest BCUT2D eigenvalue weighted by atomic mass is 79.9. The molecule has 1 heterocycles. The quantitative estimate of drug-likeness (QED) is 0.906. The van der Waals surface area contributed by atoms with Crippen LogP contribution in [0.2, 0.25) is 0 Å². The van der Waals surface area contributed by atoms with Gasteiger partial charge in [-0.2, -0.15) is 0 Å². The summed E-state index contributed by atoms with van der Waals surface area (Å²) in [6, 6.07) is 9.31. The number of ether oxygens (including phenoxy) is 1. The molecule has 0 saturated heterocycles. The average molecular weight is 265 g/mol. The number of nitrogens with zero attached hydrogens (tertiary/aromatic N) is 1. The first-order chi connectivity index (χ1) is 7.24. The molecule has 0 aliphatic rings. The SMILES string of the molecule is Nc1cncc(Oc2cccc(Br)c2)c1. The fourth-order valence-electron chi connectivity index (χ4n) is 1.16. The lowest BCUT2D eigenvalue weighted by atomic mass is 10.3. The molecule has 0 spiro atoms. The Kier molecular flexibility index (Phi) is 2.87. The minimum atomic E-state index is 0.586. The second-order valence-electron chi connectivity index (χ2n) is 3.01. The zero-order valence-corrected chi connectivity index (χ0v) is 9.44. The molecule has 15 heavy (non-hydrogen) atoms. The van der Waals surface area contributed by atoms with Crippen LogP contribution < -0.4 is 10.5 Å². The third-order valence-electron chi connectivity index (χ3n) is 1.77. The van der Waals surface area contributed by atoms with E-state index in [1.807, 2.05) is 24.3 Å². The summed E-state index contributed by atoms with van der Waals surface area (Å²) >= 11 is 3.37. The molecule has 3 nitrogen and oxygen atoms in total. The van der Waals surface area contributed by atoms with Gasteiger partial charge in [0, 0.05) is 10.5 Å². The third kappa shape index (κ3) is 2.70. The molecule has 0 amide bonds. The van der Waals surface area contributed by atoms with E-state index in [2.05, 4.69) is 20.9 Å². The molecule has 0 fully saturated rings. The van der Waals surface area contributed by atoms with Gasteiger partial charge in [-0.15, -0.1) is 0 Å². The van der Waals surface area contributed by atoms with Gasteiger partial charge in [-0.1, -0.05) is 22.0 Å². The van der Waals surface area contributed by atoms with Crippen LogP contribution in [0.15, 0.2) is 47.2 Å². The fraction of sp³-hybridized carbons (Fsp3) is 0. The number of anilines is 1. The summed E-state index contributed by atoms with van der Waals surface area (Å²) in [6.07, 6.45) is 3.20. The highest BCUT2D eigenvalue weighted by Gasteiger charge is 1.98. The maximum Gasteiger partial charge on any atom is 0.147 e. The van der Waals surface area contributed by atoms with E-state index >= 15 is 0 Å². The second kappa shape index (κ2) is 4.31. The molecule has 76 valence electrons. The van der Waals surface area contributed by atoms with Gasteiger partial charge in [0.15, 0.2) is 0 Å². The Morgan fingerprint density at radius 2 is 2.00 bits per heavy atom. The molecule has 2 N–H and O–H groups in total. The van der Waals surface area contributed by atoms with Crippen molar-refractivity contribution >= 4 is 21.6 Å². The average Bonchev–Trinajstić information content (AvgIpc) is 2.17. The minimum absolute atomic E-state index is 0.586. The van der Waals surface area contributed by atoms with Gasteiger partial charge in [0.05, 0.1) is 18.1 Å². The molecule has 1 aromatic heterocycles. The van der Waals surface area contributed by atoms with E-state index in [0.717, 1.165) is 10.2 Å². The lowest BCUT2D eigenvalue weighted by Gasteiger charge is -2.05. The van der Waals surface area contributed by atoms with Crippen LogP contribution in [0.1, 0.15) is 0 Å². The molecule has 0 aliphatic heterocycles. The van der Waals surface area contributed by atoms with Gasteiger partial charge in [-0.3, -0.25) is 4.98 Å². The first-order valence-corrected chi connectivity index (χ1v) is 5.17. The number of aromatic nitrogens is 1. The van der Waals surface area contributed by atoms with E-state index in [1.165, 1.54) is 0 Å². The summed E-state index contributed by atoms with van der Waals surface area (Å²) in [4.78, 5) is 3.94. The molecule has 1 aromatic carbocycles. The van der Waals surface area contributed by atoms with Crippen molar-refractivity contribution in [1.29, 1.82) is 0 Å². The first-order valence-electron chi connectivity index (χ1n) is 4.38. The van der Waals surface area contributed by atoms with Crippen molar-refractivity contribution in [3.63, 3.8) is 0 Å². The molecule has 0 atom stereocenters. The van der Waals surface area contributed by atoms with E-state index in [-0.39, 0.29) is 0 Å². The van der Waals surface area contributed by atoms with Crippen LogP contribution in [0.25, 0.3) is 0 Å². The normalized spacial score (nSPS) is 9.93. The predicted molar refractivity (Wildman–Crippen MR) is 62.9 cm³/mol. The van der Waals surface area contributed by atoms with E-state index in [4.69, 9.17) is 10.5 Å². The Labute approximate surface area is 96.0 Å². The number of pyridine rings is 1. The molecule has 0 saturated carbocycles. The number of hydrogen-bond donors (Lipinski definition) is 1. The third-order valence-corrected chi connectivity index (χ3v) is 2.26. The van der Waals surface area contributed by atoms with Crippen LogP contribution >= 0.6 is 15.9 Å². The molecule has 0 bridgehead atoms. The molecule has 2 aromatic rings. The van der Waals surface area contributed by atoms with E-state index in [9.17, 15) is 0 Å². The van der Waals surface area contributed by atoms with Gasteiger partial charge in [-0.25, -0.2) is 0 Å². The van der Waals surface area contributed by atoms with E-state index in [1.54, 1.807) is 18.5 Å². The summed E-state index contributed by atoms with van der Waals surface area (Å²) < 4.78 is 6.54. The van der Waals surface area contributed by atoms with Crippen LogP contribution in [0.5, 0.6) is 11.5 Å². The van der Waals surface area contributed by atoms with Crippen molar-refractivity contribution in [3.05, 3.63) is 47.2 Å². The lowest BCUT2D eigenvalue weighted by molar-refractivity contribution is 0.480. The number of rotatable bonds is 2. The maximum absolute atomic E-state index is 5.59. The maximum atomic E-state index is 5.59. The summed E-state index contributed by atoms with van der Waals surface area (Å²) in [5.41, 5.74) is 6.18. The van der Waals surface area contributed by atoms with Gasteiger partial charge in [0.25, 0.3) is 0 Å².